The Hall–Kier alpha value is -1.89. The van der Waals surface area contributed by atoms with Gasteiger partial charge in [-0.1, -0.05) is 5.16 Å². The summed E-state index contributed by atoms with van der Waals surface area (Å²) in [6, 6.07) is 0. The summed E-state index contributed by atoms with van der Waals surface area (Å²) >= 11 is 0. The summed E-state index contributed by atoms with van der Waals surface area (Å²) in [6.07, 6.45) is 0.969. The highest BCUT2D eigenvalue weighted by Gasteiger charge is 2.20. The normalized spacial score (nSPS) is 19.7. The van der Waals surface area contributed by atoms with Gasteiger partial charge in [0.2, 0.25) is 5.88 Å². The molecule has 1 unspecified atom stereocenters. The van der Waals surface area contributed by atoms with E-state index in [0.29, 0.717) is 30.6 Å². The average molecular weight is 266 g/mol. The quantitative estimate of drug-likeness (QED) is 0.358. The van der Waals surface area contributed by atoms with Crippen molar-refractivity contribution >= 4 is 5.84 Å². The lowest BCUT2D eigenvalue weighted by atomic mass is 10.1. The van der Waals surface area contributed by atoms with Gasteiger partial charge >= 0.3 is 0 Å². The molecule has 104 valence electrons. The first-order valence-electron chi connectivity index (χ1n) is 6.15. The molecule has 1 fully saturated rings. The number of nitrogens with zero attached hydrogens (tertiary/aromatic N) is 3. The molecular weight excluding hydrogens is 248 g/mol. The number of ether oxygens (including phenoxy) is 2. The van der Waals surface area contributed by atoms with Gasteiger partial charge in [0.1, 0.15) is 0 Å². The van der Waals surface area contributed by atoms with Gasteiger partial charge in [0.05, 0.1) is 24.5 Å². The zero-order chi connectivity index (χ0) is 13.8. The maximum atomic E-state index is 8.85. The van der Waals surface area contributed by atoms with Crippen LogP contribution in [-0.4, -0.2) is 41.1 Å². The molecule has 1 aromatic heterocycles. The third kappa shape index (κ3) is 2.93. The van der Waals surface area contributed by atoms with Crippen molar-refractivity contribution < 1.29 is 14.7 Å². The van der Waals surface area contributed by atoms with E-state index in [1.54, 1.807) is 0 Å². The van der Waals surface area contributed by atoms with E-state index >= 15 is 0 Å². The third-order valence-electron chi connectivity index (χ3n) is 3.27. The molecule has 7 nitrogen and oxygen atoms in total. The minimum absolute atomic E-state index is 0.0202. The first-order valence-corrected chi connectivity index (χ1v) is 6.15. The highest BCUT2D eigenvalue weighted by Crippen LogP contribution is 2.22. The Bertz CT molecular complexity index is 484. The van der Waals surface area contributed by atoms with Crippen LogP contribution in [0.2, 0.25) is 0 Å². The molecule has 1 aromatic rings. The van der Waals surface area contributed by atoms with Crippen molar-refractivity contribution in [2.75, 3.05) is 19.8 Å². The number of aromatic nitrogens is 2. The number of nitrogens with two attached hydrogens (primary N) is 1. The van der Waals surface area contributed by atoms with Gasteiger partial charge in [-0.3, -0.25) is 0 Å². The highest BCUT2D eigenvalue weighted by molar-refractivity contribution is 6.00. The zero-order valence-electron chi connectivity index (χ0n) is 11.1. The first kappa shape index (κ1) is 13.5. The van der Waals surface area contributed by atoms with E-state index in [2.05, 4.69) is 15.4 Å². The summed E-state index contributed by atoms with van der Waals surface area (Å²) in [6.45, 7) is 5.59. The summed E-state index contributed by atoms with van der Waals surface area (Å²) in [5, 5.41) is 19.9. The van der Waals surface area contributed by atoms with E-state index < -0.39 is 0 Å². The maximum absolute atomic E-state index is 8.85. The van der Waals surface area contributed by atoms with Crippen molar-refractivity contribution in [3.63, 3.8) is 0 Å². The van der Waals surface area contributed by atoms with E-state index in [1.807, 2.05) is 13.8 Å². The number of oxime groups is 1. The molecule has 7 heteroatoms. The molecule has 2 heterocycles. The molecule has 0 bridgehead atoms. The third-order valence-corrected chi connectivity index (χ3v) is 3.27. The summed E-state index contributed by atoms with van der Waals surface area (Å²) in [5.41, 5.74) is 7.69. The van der Waals surface area contributed by atoms with Gasteiger partial charge in [-0.15, -0.1) is 5.10 Å². The van der Waals surface area contributed by atoms with Crippen molar-refractivity contribution in [1.29, 1.82) is 0 Å². The summed E-state index contributed by atoms with van der Waals surface area (Å²) in [4.78, 5) is 0. The molecule has 0 aromatic carbocycles. The lowest BCUT2D eigenvalue weighted by Gasteiger charge is -2.14. The van der Waals surface area contributed by atoms with Gasteiger partial charge in [0, 0.05) is 12.5 Å². The second kappa shape index (κ2) is 5.83. The topological polar surface area (TPSA) is 103 Å². The van der Waals surface area contributed by atoms with Gasteiger partial charge in [0.25, 0.3) is 0 Å². The summed E-state index contributed by atoms with van der Waals surface area (Å²) in [7, 11) is 0. The SMILES string of the molecule is Cc1nnc(OCC2CCOC2)c(/C(N)=N/O)c1C. The molecule has 1 atom stereocenters. The van der Waals surface area contributed by atoms with Crippen molar-refractivity contribution in [1.82, 2.24) is 10.2 Å². The maximum Gasteiger partial charge on any atom is 0.244 e. The van der Waals surface area contributed by atoms with Crippen molar-refractivity contribution in [2.24, 2.45) is 16.8 Å². The van der Waals surface area contributed by atoms with Gasteiger partial charge in [-0.25, -0.2) is 0 Å². The summed E-state index contributed by atoms with van der Waals surface area (Å²) < 4.78 is 10.9. The Morgan fingerprint density at radius 2 is 2.32 bits per heavy atom. The standard InChI is InChI=1S/C12H18N4O3/c1-7-8(2)14-15-12(10(7)11(13)16-17)19-6-9-3-4-18-5-9/h9,17H,3-6H2,1-2H3,(H2,13,16). The second-order valence-electron chi connectivity index (χ2n) is 4.62. The fraction of sp³-hybridized carbons (Fsp3) is 0.583. The Kier molecular flexibility index (Phi) is 4.16. The Morgan fingerprint density at radius 3 is 2.95 bits per heavy atom. The Labute approximate surface area is 111 Å². The van der Waals surface area contributed by atoms with Crippen LogP contribution in [0.25, 0.3) is 0 Å². The van der Waals surface area contributed by atoms with Gasteiger partial charge in [0.15, 0.2) is 5.84 Å². The zero-order valence-corrected chi connectivity index (χ0v) is 11.1. The van der Waals surface area contributed by atoms with Crippen LogP contribution in [0, 0.1) is 19.8 Å². The lowest BCUT2D eigenvalue weighted by Crippen LogP contribution is -2.21. The molecule has 1 aliphatic rings. The van der Waals surface area contributed by atoms with Crippen LogP contribution < -0.4 is 10.5 Å². The van der Waals surface area contributed by atoms with E-state index in [1.165, 1.54) is 0 Å². The van der Waals surface area contributed by atoms with Crippen LogP contribution in [0.4, 0.5) is 0 Å². The predicted molar refractivity (Wildman–Crippen MR) is 68.4 cm³/mol. The molecule has 0 radical (unpaired) electrons. The highest BCUT2D eigenvalue weighted by atomic mass is 16.5. The first-order chi connectivity index (χ1) is 9.13. The van der Waals surface area contributed by atoms with E-state index in [9.17, 15) is 0 Å². The molecule has 1 saturated heterocycles. The number of amidine groups is 1. The second-order valence-corrected chi connectivity index (χ2v) is 4.62. The van der Waals surface area contributed by atoms with Crippen LogP contribution in [0.3, 0.4) is 0 Å². The average Bonchev–Trinajstić information content (AvgIpc) is 2.92. The van der Waals surface area contributed by atoms with Gasteiger partial charge in [-0.05, 0) is 25.8 Å². The Morgan fingerprint density at radius 1 is 1.53 bits per heavy atom. The molecule has 0 spiro atoms. The van der Waals surface area contributed by atoms with E-state index in [-0.39, 0.29) is 5.84 Å². The molecular formula is C12H18N4O3. The minimum atomic E-state index is -0.0202. The van der Waals surface area contributed by atoms with E-state index in [0.717, 1.165) is 24.3 Å². The molecule has 2 rings (SSSR count). The molecule has 1 aliphatic heterocycles. The molecule has 19 heavy (non-hydrogen) atoms. The van der Waals surface area contributed by atoms with Gasteiger partial charge < -0.3 is 20.4 Å². The van der Waals surface area contributed by atoms with Crippen molar-refractivity contribution in [3.8, 4) is 5.88 Å². The van der Waals surface area contributed by atoms with Crippen LogP contribution in [0.15, 0.2) is 5.16 Å². The molecule has 0 saturated carbocycles. The molecule has 0 amide bonds. The van der Waals surface area contributed by atoms with Crippen molar-refractivity contribution in [2.45, 2.75) is 20.3 Å². The van der Waals surface area contributed by atoms with Crippen LogP contribution in [0.1, 0.15) is 23.2 Å². The largest absolute Gasteiger partial charge is 0.476 e. The number of hydrogen-bond donors (Lipinski definition) is 2. The molecule has 3 N–H and O–H groups in total. The number of rotatable bonds is 4. The van der Waals surface area contributed by atoms with Crippen LogP contribution in [-0.2, 0) is 4.74 Å². The number of aryl methyl sites for hydroxylation is 1. The molecule has 0 aliphatic carbocycles. The lowest BCUT2D eigenvalue weighted by molar-refractivity contribution is 0.165. The smallest absolute Gasteiger partial charge is 0.244 e. The fourth-order valence-corrected chi connectivity index (χ4v) is 1.95. The Balaban J connectivity index is 2.21. The van der Waals surface area contributed by atoms with Crippen LogP contribution in [0.5, 0.6) is 5.88 Å². The summed E-state index contributed by atoms with van der Waals surface area (Å²) in [5.74, 6) is 0.627. The van der Waals surface area contributed by atoms with Gasteiger partial charge in [-0.2, -0.15) is 5.10 Å². The van der Waals surface area contributed by atoms with Crippen molar-refractivity contribution in [3.05, 3.63) is 16.8 Å². The number of hydrogen-bond acceptors (Lipinski definition) is 6. The van der Waals surface area contributed by atoms with Crippen LogP contribution >= 0.6 is 0 Å². The fourth-order valence-electron chi connectivity index (χ4n) is 1.95. The minimum Gasteiger partial charge on any atom is -0.476 e. The van der Waals surface area contributed by atoms with E-state index in [4.69, 9.17) is 20.4 Å². The predicted octanol–water partition coefficient (Wildman–Crippen LogP) is 0.603. The monoisotopic (exact) mass is 266 g/mol.